The molecular weight excluding hydrogens is 592 g/mol. The van der Waals surface area contributed by atoms with E-state index in [-0.39, 0.29) is 11.2 Å². The molecular formula is C44H46O4. The molecule has 2 aliphatic heterocycles. The first kappa shape index (κ1) is 31.2. The summed E-state index contributed by atoms with van der Waals surface area (Å²) in [5.41, 5.74) is 9.99. The molecule has 8 rings (SSSR count). The van der Waals surface area contributed by atoms with Crippen LogP contribution in [0.1, 0.15) is 63.5 Å². The second kappa shape index (κ2) is 13.1. The summed E-state index contributed by atoms with van der Waals surface area (Å²) in [7, 11) is 0. The van der Waals surface area contributed by atoms with E-state index in [1.54, 1.807) is 0 Å². The van der Waals surface area contributed by atoms with Crippen LogP contribution in [0.4, 0.5) is 0 Å². The summed E-state index contributed by atoms with van der Waals surface area (Å²) in [6.45, 7) is 6.92. The van der Waals surface area contributed by atoms with Gasteiger partial charge in [0.2, 0.25) is 0 Å². The fourth-order valence-electron chi connectivity index (χ4n) is 7.36. The van der Waals surface area contributed by atoms with E-state index in [0.717, 1.165) is 73.4 Å². The molecule has 2 fully saturated rings. The molecule has 0 saturated carbocycles. The van der Waals surface area contributed by atoms with Gasteiger partial charge in [-0.15, -0.1) is 0 Å². The molecule has 2 saturated heterocycles. The minimum absolute atomic E-state index is 0.142. The third-order valence-electron chi connectivity index (χ3n) is 10.8. The van der Waals surface area contributed by atoms with Gasteiger partial charge < -0.3 is 18.9 Å². The Labute approximate surface area is 285 Å². The minimum Gasteiger partial charge on any atom is -0.490 e. The molecule has 4 aromatic rings. The first-order valence-corrected chi connectivity index (χ1v) is 17.8. The maximum absolute atomic E-state index is 6.30. The summed E-state index contributed by atoms with van der Waals surface area (Å²) in [6.07, 6.45) is 12.1. The van der Waals surface area contributed by atoms with E-state index in [1.807, 2.05) is 0 Å². The molecule has 4 atom stereocenters. The molecule has 4 nitrogen and oxygen atoms in total. The van der Waals surface area contributed by atoms with Gasteiger partial charge in [-0.1, -0.05) is 84.9 Å². The molecule has 0 amide bonds. The molecule has 0 N–H and O–H groups in total. The number of rotatable bonds is 11. The second-order valence-corrected chi connectivity index (χ2v) is 14.7. The van der Waals surface area contributed by atoms with Gasteiger partial charge in [0.15, 0.2) is 0 Å². The van der Waals surface area contributed by atoms with Crippen LogP contribution < -0.4 is 9.47 Å². The number of hydrogen-bond acceptors (Lipinski definition) is 4. The summed E-state index contributed by atoms with van der Waals surface area (Å²) >= 11 is 0. The van der Waals surface area contributed by atoms with Crippen LogP contribution in [0.5, 0.6) is 11.5 Å². The van der Waals surface area contributed by atoms with Crippen LogP contribution in [0.3, 0.4) is 0 Å². The van der Waals surface area contributed by atoms with Crippen molar-refractivity contribution in [3.8, 4) is 33.8 Å². The van der Waals surface area contributed by atoms with Crippen molar-refractivity contribution < 1.29 is 18.9 Å². The van der Waals surface area contributed by atoms with E-state index >= 15 is 0 Å². The van der Waals surface area contributed by atoms with Crippen molar-refractivity contribution in [2.45, 2.75) is 63.6 Å². The van der Waals surface area contributed by atoms with Gasteiger partial charge in [0.05, 0.1) is 13.2 Å². The van der Waals surface area contributed by atoms with Gasteiger partial charge in [-0.3, -0.25) is 0 Å². The highest BCUT2D eigenvalue weighted by molar-refractivity contribution is 5.78. The normalized spacial score (nSPS) is 26.3. The zero-order chi connectivity index (χ0) is 32.6. The molecule has 2 heterocycles. The van der Waals surface area contributed by atoms with Gasteiger partial charge in [0.1, 0.15) is 35.9 Å². The lowest BCUT2D eigenvalue weighted by Crippen LogP contribution is -2.19. The minimum atomic E-state index is -0.142. The molecule has 246 valence electrons. The van der Waals surface area contributed by atoms with E-state index in [4.69, 9.17) is 18.9 Å². The molecule has 0 radical (unpaired) electrons. The van der Waals surface area contributed by atoms with Gasteiger partial charge >= 0.3 is 0 Å². The molecule has 4 aliphatic rings. The van der Waals surface area contributed by atoms with E-state index in [2.05, 4.69) is 123 Å². The molecule has 48 heavy (non-hydrogen) atoms. The standard InChI is InChI=1S/C44H46O4/c1-43(29-47-43)27-45-41-23-21-37(25-39(41)35-9-5-3-6-10-35)33-17-13-31(14-18-33)32-15-19-34(20-16-32)38-22-24-42(46-28-44(2)30-48-44)40(26-38)36-11-7-4-8-12-36/h3-12,17,19,21-26,31-32H,13-16,18,20,27-30H2,1-2H3. The predicted octanol–water partition coefficient (Wildman–Crippen LogP) is 10.4. The lowest BCUT2D eigenvalue weighted by Gasteiger charge is -2.32. The van der Waals surface area contributed by atoms with E-state index in [1.165, 1.54) is 46.2 Å². The first-order valence-electron chi connectivity index (χ1n) is 17.8. The second-order valence-electron chi connectivity index (χ2n) is 14.7. The number of benzene rings is 4. The maximum Gasteiger partial charge on any atom is 0.127 e. The summed E-state index contributed by atoms with van der Waals surface area (Å²) in [5, 5.41) is 0. The van der Waals surface area contributed by atoms with Crippen molar-refractivity contribution in [3.05, 3.63) is 120 Å². The van der Waals surface area contributed by atoms with Crippen LogP contribution in [0, 0.1) is 11.8 Å². The van der Waals surface area contributed by atoms with Crippen molar-refractivity contribution in [3.63, 3.8) is 0 Å². The molecule has 0 spiro atoms. The fourth-order valence-corrected chi connectivity index (χ4v) is 7.36. The third kappa shape index (κ3) is 7.02. The van der Waals surface area contributed by atoms with Crippen LogP contribution in [0.25, 0.3) is 33.4 Å². The van der Waals surface area contributed by atoms with Crippen molar-refractivity contribution in [2.75, 3.05) is 26.4 Å². The van der Waals surface area contributed by atoms with Crippen LogP contribution in [0.15, 0.2) is 109 Å². The average Bonchev–Trinajstić information content (AvgIpc) is 4.08. The number of epoxide rings is 2. The Kier molecular flexibility index (Phi) is 8.48. The van der Waals surface area contributed by atoms with Gasteiger partial charge in [0, 0.05) is 11.1 Å². The zero-order valence-electron chi connectivity index (χ0n) is 28.3. The smallest absolute Gasteiger partial charge is 0.127 e. The highest BCUT2D eigenvalue weighted by atomic mass is 16.6. The van der Waals surface area contributed by atoms with E-state index in [0.29, 0.717) is 13.2 Å². The Morgan fingerprint density at radius 3 is 1.33 bits per heavy atom. The highest BCUT2D eigenvalue weighted by Crippen LogP contribution is 2.44. The fraction of sp³-hybridized carbons (Fsp3) is 0.364. The number of hydrogen-bond donors (Lipinski definition) is 0. The number of ether oxygens (including phenoxy) is 4. The van der Waals surface area contributed by atoms with Crippen molar-refractivity contribution in [1.29, 1.82) is 0 Å². The average molecular weight is 639 g/mol. The van der Waals surface area contributed by atoms with Crippen molar-refractivity contribution in [2.24, 2.45) is 11.8 Å². The summed E-state index contributed by atoms with van der Waals surface area (Å²) in [6, 6.07) is 34.7. The van der Waals surface area contributed by atoms with Gasteiger partial charge in [-0.2, -0.15) is 0 Å². The van der Waals surface area contributed by atoms with Crippen LogP contribution >= 0.6 is 0 Å². The molecule has 2 aliphatic carbocycles. The van der Waals surface area contributed by atoms with Crippen LogP contribution in [-0.4, -0.2) is 37.6 Å². The van der Waals surface area contributed by atoms with Crippen LogP contribution in [0.2, 0.25) is 0 Å². The summed E-state index contributed by atoms with van der Waals surface area (Å²) < 4.78 is 23.7. The molecule has 4 unspecified atom stereocenters. The largest absolute Gasteiger partial charge is 0.490 e. The topological polar surface area (TPSA) is 43.5 Å². The Morgan fingerprint density at radius 1 is 0.562 bits per heavy atom. The first-order chi connectivity index (χ1) is 23.4. The number of allylic oxidation sites excluding steroid dienone is 4. The Bertz CT molecular complexity index is 1680. The zero-order valence-corrected chi connectivity index (χ0v) is 28.3. The van der Waals surface area contributed by atoms with Crippen molar-refractivity contribution in [1.82, 2.24) is 0 Å². The van der Waals surface area contributed by atoms with E-state index in [9.17, 15) is 0 Å². The Balaban J connectivity index is 0.947. The Morgan fingerprint density at radius 2 is 0.979 bits per heavy atom. The quantitative estimate of drug-likeness (QED) is 0.153. The predicted molar refractivity (Wildman–Crippen MR) is 194 cm³/mol. The maximum atomic E-state index is 6.30. The van der Waals surface area contributed by atoms with E-state index < -0.39 is 0 Å². The SMILES string of the molecule is CC1(COc2ccc(C3=CCC(C4CC=C(c5ccc(OCC6(C)CO6)c(-c6ccccc6)c5)CC4)CC3)cc2-c2ccccc2)CO1. The monoisotopic (exact) mass is 638 g/mol. The van der Waals surface area contributed by atoms with Gasteiger partial charge in [-0.25, -0.2) is 0 Å². The van der Waals surface area contributed by atoms with Crippen molar-refractivity contribution >= 4 is 11.1 Å². The lowest BCUT2D eigenvalue weighted by molar-refractivity contribution is 0.203. The third-order valence-corrected chi connectivity index (χ3v) is 10.8. The molecule has 0 bridgehead atoms. The highest BCUT2D eigenvalue weighted by Gasteiger charge is 2.41. The summed E-state index contributed by atoms with van der Waals surface area (Å²) in [5.74, 6) is 3.34. The summed E-state index contributed by atoms with van der Waals surface area (Å²) in [4.78, 5) is 0. The van der Waals surface area contributed by atoms with Gasteiger partial charge in [0.25, 0.3) is 0 Å². The molecule has 4 aromatic carbocycles. The lowest BCUT2D eigenvalue weighted by atomic mass is 9.73. The molecule has 4 heteroatoms. The Hall–Kier alpha value is -4.12. The van der Waals surface area contributed by atoms with Gasteiger partial charge in [-0.05, 0) is 122 Å². The molecule has 0 aromatic heterocycles. The van der Waals surface area contributed by atoms with Crippen LogP contribution in [-0.2, 0) is 9.47 Å².